The Balaban J connectivity index is 1.92. The molecule has 0 amide bonds. The summed E-state index contributed by atoms with van der Waals surface area (Å²) in [5.41, 5.74) is 2.30. The number of nitrogens with zero attached hydrogens (tertiary/aromatic N) is 1. The molecule has 1 heterocycles. The van der Waals surface area contributed by atoms with Crippen LogP contribution in [0.4, 0.5) is 0 Å². The largest absolute Gasteiger partial charge is 0.469 e. The SMILES string of the molecule is COC(=O)Cc1ccc(CN2CCNC[C@@H]2C)cc1. The zero-order valence-corrected chi connectivity index (χ0v) is 11.7. The predicted octanol–water partition coefficient (Wildman–Crippen LogP) is 1.20. The van der Waals surface area contributed by atoms with Gasteiger partial charge in [0.2, 0.25) is 0 Å². The molecular formula is C15H22N2O2. The summed E-state index contributed by atoms with van der Waals surface area (Å²) in [6.45, 7) is 6.43. The van der Waals surface area contributed by atoms with Gasteiger partial charge in [-0.1, -0.05) is 24.3 Å². The highest BCUT2D eigenvalue weighted by atomic mass is 16.5. The number of ether oxygens (including phenoxy) is 1. The Bertz CT molecular complexity index is 417. The van der Waals surface area contributed by atoms with E-state index in [1.165, 1.54) is 12.7 Å². The van der Waals surface area contributed by atoms with E-state index in [4.69, 9.17) is 0 Å². The van der Waals surface area contributed by atoms with Crippen LogP contribution in [0.3, 0.4) is 0 Å². The second-order valence-electron chi connectivity index (χ2n) is 5.09. The monoisotopic (exact) mass is 262 g/mol. The minimum atomic E-state index is -0.191. The number of benzene rings is 1. The van der Waals surface area contributed by atoms with Crippen molar-refractivity contribution in [3.63, 3.8) is 0 Å². The van der Waals surface area contributed by atoms with Gasteiger partial charge in [0.05, 0.1) is 13.5 Å². The van der Waals surface area contributed by atoms with E-state index < -0.39 is 0 Å². The van der Waals surface area contributed by atoms with Crippen molar-refractivity contribution < 1.29 is 9.53 Å². The molecule has 1 fully saturated rings. The summed E-state index contributed by atoms with van der Waals surface area (Å²) in [7, 11) is 1.42. The lowest BCUT2D eigenvalue weighted by molar-refractivity contribution is -0.139. The van der Waals surface area contributed by atoms with Crippen LogP contribution in [0, 0.1) is 0 Å². The van der Waals surface area contributed by atoms with Crippen molar-refractivity contribution in [2.45, 2.75) is 25.9 Å². The standard InChI is InChI=1S/C15H22N2O2/c1-12-10-16-7-8-17(12)11-14-5-3-13(4-6-14)9-15(18)19-2/h3-6,12,16H,7-11H2,1-2H3/t12-/m0/s1. The maximum Gasteiger partial charge on any atom is 0.309 e. The summed E-state index contributed by atoms with van der Waals surface area (Å²) in [6.07, 6.45) is 0.348. The fourth-order valence-electron chi connectivity index (χ4n) is 2.35. The van der Waals surface area contributed by atoms with Crippen LogP contribution in [0.25, 0.3) is 0 Å². The fourth-order valence-corrected chi connectivity index (χ4v) is 2.35. The lowest BCUT2D eigenvalue weighted by Gasteiger charge is -2.33. The van der Waals surface area contributed by atoms with Gasteiger partial charge in [-0.25, -0.2) is 0 Å². The minimum absolute atomic E-state index is 0.191. The van der Waals surface area contributed by atoms with Crippen molar-refractivity contribution in [3.8, 4) is 0 Å². The highest BCUT2D eigenvalue weighted by Crippen LogP contribution is 2.12. The summed E-state index contributed by atoms with van der Waals surface area (Å²) in [5, 5.41) is 3.39. The first-order valence-electron chi connectivity index (χ1n) is 6.78. The first kappa shape index (κ1) is 14.0. The van der Waals surface area contributed by atoms with Crippen molar-refractivity contribution in [1.82, 2.24) is 10.2 Å². The van der Waals surface area contributed by atoms with Crippen LogP contribution < -0.4 is 5.32 Å². The van der Waals surface area contributed by atoms with Crippen LogP contribution in [0.15, 0.2) is 24.3 Å². The zero-order valence-electron chi connectivity index (χ0n) is 11.7. The quantitative estimate of drug-likeness (QED) is 0.828. The van der Waals surface area contributed by atoms with Gasteiger partial charge in [-0.2, -0.15) is 0 Å². The number of hydrogen-bond acceptors (Lipinski definition) is 4. The Morgan fingerprint density at radius 3 is 2.68 bits per heavy atom. The smallest absolute Gasteiger partial charge is 0.309 e. The Labute approximate surface area is 114 Å². The fraction of sp³-hybridized carbons (Fsp3) is 0.533. The minimum Gasteiger partial charge on any atom is -0.469 e. The van der Waals surface area contributed by atoms with E-state index >= 15 is 0 Å². The Morgan fingerprint density at radius 1 is 1.37 bits per heavy atom. The second-order valence-corrected chi connectivity index (χ2v) is 5.09. The maximum atomic E-state index is 11.2. The van der Waals surface area contributed by atoms with Gasteiger partial charge in [0, 0.05) is 32.2 Å². The molecule has 1 aromatic rings. The van der Waals surface area contributed by atoms with Crippen LogP contribution in [-0.2, 0) is 22.5 Å². The molecule has 1 saturated heterocycles. The lowest BCUT2D eigenvalue weighted by atomic mass is 10.1. The summed E-state index contributed by atoms with van der Waals surface area (Å²) in [6, 6.07) is 8.81. The first-order valence-corrected chi connectivity index (χ1v) is 6.78. The molecule has 0 aromatic heterocycles. The molecule has 2 rings (SSSR count). The normalized spacial score (nSPS) is 20.2. The molecule has 0 spiro atoms. The average molecular weight is 262 g/mol. The molecule has 4 heteroatoms. The van der Waals surface area contributed by atoms with Gasteiger partial charge >= 0.3 is 5.97 Å². The molecule has 19 heavy (non-hydrogen) atoms. The highest BCUT2D eigenvalue weighted by molar-refractivity contribution is 5.72. The van der Waals surface area contributed by atoms with E-state index in [2.05, 4.69) is 34.0 Å². The summed E-state index contributed by atoms with van der Waals surface area (Å²) in [4.78, 5) is 13.7. The van der Waals surface area contributed by atoms with Crippen molar-refractivity contribution >= 4 is 5.97 Å². The number of methoxy groups -OCH3 is 1. The van der Waals surface area contributed by atoms with Gasteiger partial charge in [-0.05, 0) is 18.1 Å². The number of carbonyl (C=O) groups excluding carboxylic acids is 1. The molecule has 0 aliphatic carbocycles. The van der Waals surface area contributed by atoms with Crippen LogP contribution >= 0.6 is 0 Å². The molecule has 1 aliphatic rings. The number of piperazine rings is 1. The Hall–Kier alpha value is -1.39. The Kier molecular flexibility index (Phi) is 4.93. The van der Waals surface area contributed by atoms with Gasteiger partial charge in [0.15, 0.2) is 0 Å². The van der Waals surface area contributed by atoms with E-state index in [1.54, 1.807) is 0 Å². The van der Waals surface area contributed by atoms with Crippen molar-refractivity contribution in [2.24, 2.45) is 0 Å². The number of hydrogen-bond donors (Lipinski definition) is 1. The van der Waals surface area contributed by atoms with Gasteiger partial charge < -0.3 is 10.1 Å². The van der Waals surface area contributed by atoms with Crippen LogP contribution in [-0.4, -0.2) is 43.7 Å². The first-order chi connectivity index (χ1) is 9.19. The summed E-state index contributed by atoms with van der Waals surface area (Å²) >= 11 is 0. The lowest BCUT2D eigenvalue weighted by Crippen LogP contribution is -2.49. The number of nitrogens with one attached hydrogen (secondary N) is 1. The average Bonchev–Trinajstić information content (AvgIpc) is 2.43. The molecule has 1 aromatic carbocycles. The van der Waals surface area contributed by atoms with Crippen molar-refractivity contribution in [3.05, 3.63) is 35.4 Å². The molecule has 1 N–H and O–H groups in total. The van der Waals surface area contributed by atoms with Gasteiger partial charge in [0.1, 0.15) is 0 Å². The van der Waals surface area contributed by atoms with Crippen LogP contribution in [0.1, 0.15) is 18.1 Å². The number of esters is 1. The Morgan fingerprint density at radius 2 is 2.05 bits per heavy atom. The third kappa shape index (κ3) is 4.04. The van der Waals surface area contributed by atoms with E-state index in [1.807, 2.05) is 12.1 Å². The highest BCUT2D eigenvalue weighted by Gasteiger charge is 2.17. The molecule has 0 radical (unpaired) electrons. The molecular weight excluding hydrogens is 240 g/mol. The van der Waals surface area contributed by atoms with E-state index in [-0.39, 0.29) is 5.97 Å². The van der Waals surface area contributed by atoms with Gasteiger partial charge in [-0.15, -0.1) is 0 Å². The molecule has 0 saturated carbocycles. The van der Waals surface area contributed by atoms with Gasteiger partial charge in [0.25, 0.3) is 0 Å². The molecule has 0 bridgehead atoms. The molecule has 1 atom stereocenters. The third-order valence-corrected chi connectivity index (χ3v) is 3.62. The van der Waals surface area contributed by atoms with E-state index in [0.717, 1.165) is 31.7 Å². The van der Waals surface area contributed by atoms with Crippen LogP contribution in [0.2, 0.25) is 0 Å². The summed E-state index contributed by atoms with van der Waals surface area (Å²) < 4.78 is 4.67. The molecule has 104 valence electrons. The van der Waals surface area contributed by atoms with E-state index in [0.29, 0.717) is 12.5 Å². The van der Waals surface area contributed by atoms with Crippen molar-refractivity contribution in [1.29, 1.82) is 0 Å². The van der Waals surface area contributed by atoms with Gasteiger partial charge in [-0.3, -0.25) is 9.69 Å². The van der Waals surface area contributed by atoms with Crippen molar-refractivity contribution in [2.75, 3.05) is 26.7 Å². The molecule has 1 aliphatic heterocycles. The maximum absolute atomic E-state index is 11.2. The summed E-state index contributed by atoms with van der Waals surface area (Å²) in [5.74, 6) is -0.191. The van der Waals surface area contributed by atoms with Crippen LogP contribution in [0.5, 0.6) is 0 Å². The van der Waals surface area contributed by atoms with E-state index in [9.17, 15) is 4.79 Å². The molecule has 4 nitrogen and oxygen atoms in total. The second kappa shape index (κ2) is 6.68. The number of carbonyl (C=O) groups is 1. The topological polar surface area (TPSA) is 41.6 Å². The molecule has 0 unspecified atom stereocenters. The zero-order chi connectivity index (χ0) is 13.7. The number of rotatable bonds is 4. The third-order valence-electron chi connectivity index (χ3n) is 3.62. The predicted molar refractivity (Wildman–Crippen MR) is 74.9 cm³/mol.